The van der Waals surface area contributed by atoms with Crippen LogP contribution in [0.3, 0.4) is 0 Å². The van der Waals surface area contributed by atoms with Gasteiger partial charge in [-0.05, 0) is 27.7 Å². The number of carbonyl (C=O) groups is 1. The van der Waals surface area contributed by atoms with Crippen LogP contribution in [0.15, 0.2) is 0 Å². The van der Waals surface area contributed by atoms with Crippen LogP contribution in [-0.2, 0) is 14.3 Å². The summed E-state index contributed by atoms with van der Waals surface area (Å²) in [6.45, 7) is 12.3. The highest BCUT2D eigenvalue weighted by atomic mass is 16.6. The molecule has 0 aromatic rings. The minimum Gasteiger partial charge on any atom is -0.462 e. The topological polar surface area (TPSA) is 50.8 Å². The van der Waals surface area contributed by atoms with Gasteiger partial charge in [0.1, 0.15) is 12.6 Å². The summed E-state index contributed by atoms with van der Waals surface area (Å²) in [6, 6.07) is -0.165. The Morgan fingerprint density at radius 1 is 1.28 bits per heavy atom. The van der Waals surface area contributed by atoms with E-state index in [1.165, 1.54) is 0 Å². The molecule has 0 spiro atoms. The van der Waals surface area contributed by atoms with Crippen molar-refractivity contribution < 1.29 is 14.3 Å². The van der Waals surface area contributed by atoms with Crippen molar-refractivity contribution in [2.24, 2.45) is 0 Å². The van der Waals surface area contributed by atoms with Crippen LogP contribution in [0.25, 0.3) is 0 Å². The van der Waals surface area contributed by atoms with Crippen LogP contribution in [0.4, 0.5) is 0 Å². The monoisotopic (exact) mass is 258 g/mol. The van der Waals surface area contributed by atoms with Crippen LogP contribution in [0.5, 0.6) is 0 Å². The SMILES string of the molecule is CC(C(=O)OCCOC(C)(C)C)N1CCNCC1. The van der Waals surface area contributed by atoms with Gasteiger partial charge in [0.05, 0.1) is 12.2 Å². The molecular formula is C13H26N2O3. The van der Waals surface area contributed by atoms with Crippen molar-refractivity contribution in [3.05, 3.63) is 0 Å². The minimum absolute atomic E-state index is 0.158. The first-order valence-corrected chi connectivity index (χ1v) is 6.65. The van der Waals surface area contributed by atoms with Crippen molar-refractivity contribution in [2.75, 3.05) is 39.4 Å². The predicted molar refractivity (Wildman–Crippen MR) is 70.6 cm³/mol. The Balaban J connectivity index is 2.19. The minimum atomic E-state index is -0.184. The maximum Gasteiger partial charge on any atom is 0.323 e. The maximum atomic E-state index is 11.8. The third-order valence-corrected chi connectivity index (χ3v) is 2.90. The second-order valence-electron chi connectivity index (χ2n) is 5.59. The lowest BCUT2D eigenvalue weighted by Crippen LogP contribution is -2.50. The molecule has 5 nitrogen and oxygen atoms in total. The van der Waals surface area contributed by atoms with E-state index < -0.39 is 0 Å². The molecule has 1 saturated heterocycles. The van der Waals surface area contributed by atoms with Gasteiger partial charge in [-0.25, -0.2) is 0 Å². The first-order chi connectivity index (χ1) is 8.40. The van der Waals surface area contributed by atoms with Crippen molar-refractivity contribution in [3.63, 3.8) is 0 Å². The van der Waals surface area contributed by atoms with E-state index in [1.54, 1.807) is 0 Å². The Bertz CT molecular complexity index is 257. The molecule has 1 N–H and O–H groups in total. The largest absolute Gasteiger partial charge is 0.462 e. The fraction of sp³-hybridized carbons (Fsp3) is 0.923. The van der Waals surface area contributed by atoms with E-state index in [2.05, 4.69) is 10.2 Å². The average molecular weight is 258 g/mol. The molecule has 1 rings (SSSR count). The molecule has 1 atom stereocenters. The molecule has 0 aromatic carbocycles. The lowest BCUT2D eigenvalue weighted by atomic mass is 10.2. The molecule has 0 amide bonds. The van der Waals surface area contributed by atoms with Gasteiger partial charge in [0.2, 0.25) is 0 Å². The van der Waals surface area contributed by atoms with Crippen molar-refractivity contribution in [1.82, 2.24) is 10.2 Å². The summed E-state index contributed by atoms with van der Waals surface area (Å²) in [5, 5.41) is 3.26. The highest BCUT2D eigenvalue weighted by Crippen LogP contribution is 2.07. The number of rotatable bonds is 5. The van der Waals surface area contributed by atoms with Crippen LogP contribution in [-0.4, -0.2) is 61.9 Å². The summed E-state index contributed by atoms with van der Waals surface area (Å²) in [5.74, 6) is -0.158. The number of esters is 1. The van der Waals surface area contributed by atoms with Gasteiger partial charge in [0, 0.05) is 26.2 Å². The normalized spacial score (nSPS) is 19.6. The van der Waals surface area contributed by atoms with Gasteiger partial charge in [0.25, 0.3) is 0 Å². The molecule has 1 fully saturated rings. The van der Waals surface area contributed by atoms with E-state index in [1.807, 2.05) is 27.7 Å². The van der Waals surface area contributed by atoms with E-state index >= 15 is 0 Å². The first kappa shape index (κ1) is 15.4. The van der Waals surface area contributed by atoms with Crippen LogP contribution >= 0.6 is 0 Å². The number of hydrogen-bond acceptors (Lipinski definition) is 5. The highest BCUT2D eigenvalue weighted by Gasteiger charge is 2.23. The van der Waals surface area contributed by atoms with Crippen molar-refractivity contribution in [2.45, 2.75) is 39.3 Å². The Kier molecular flexibility index (Phi) is 6.05. The Labute approximate surface area is 110 Å². The number of nitrogens with one attached hydrogen (secondary N) is 1. The molecule has 5 heteroatoms. The standard InChI is InChI=1S/C13H26N2O3/c1-11(15-7-5-14-6-8-15)12(16)17-9-10-18-13(2,3)4/h11,14H,5-10H2,1-4H3. The maximum absolute atomic E-state index is 11.8. The van der Waals surface area contributed by atoms with Gasteiger partial charge < -0.3 is 14.8 Å². The van der Waals surface area contributed by atoms with E-state index in [0.717, 1.165) is 26.2 Å². The van der Waals surface area contributed by atoms with Gasteiger partial charge in [0.15, 0.2) is 0 Å². The van der Waals surface area contributed by atoms with Crippen molar-refractivity contribution in [3.8, 4) is 0 Å². The fourth-order valence-corrected chi connectivity index (χ4v) is 1.83. The molecular weight excluding hydrogens is 232 g/mol. The zero-order valence-corrected chi connectivity index (χ0v) is 12.0. The molecule has 1 aliphatic heterocycles. The van der Waals surface area contributed by atoms with Crippen LogP contribution in [0.2, 0.25) is 0 Å². The van der Waals surface area contributed by atoms with Crippen LogP contribution in [0.1, 0.15) is 27.7 Å². The number of hydrogen-bond donors (Lipinski definition) is 1. The van der Waals surface area contributed by atoms with Crippen LogP contribution < -0.4 is 5.32 Å². The van der Waals surface area contributed by atoms with Gasteiger partial charge in [-0.15, -0.1) is 0 Å². The molecule has 0 aliphatic carbocycles. The van der Waals surface area contributed by atoms with E-state index in [4.69, 9.17) is 9.47 Å². The van der Waals surface area contributed by atoms with Crippen molar-refractivity contribution >= 4 is 5.97 Å². The highest BCUT2D eigenvalue weighted by molar-refractivity contribution is 5.75. The summed E-state index contributed by atoms with van der Waals surface area (Å²) in [7, 11) is 0. The lowest BCUT2D eigenvalue weighted by molar-refractivity contribution is -0.152. The van der Waals surface area contributed by atoms with E-state index in [9.17, 15) is 4.79 Å². The molecule has 0 aromatic heterocycles. The molecule has 0 bridgehead atoms. The molecule has 0 saturated carbocycles. The summed E-state index contributed by atoms with van der Waals surface area (Å²) in [4.78, 5) is 14.0. The molecule has 0 radical (unpaired) electrons. The summed E-state index contributed by atoms with van der Waals surface area (Å²) in [5.41, 5.74) is -0.184. The van der Waals surface area contributed by atoms with Crippen LogP contribution in [0, 0.1) is 0 Å². The molecule has 106 valence electrons. The molecule has 1 unspecified atom stereocenters. The smallest absolute Gasteiger partial charge is 0.323 e. The Morgan fingerprint density at radius 2 is 1.89 bits per heavy atom. The molecule has 1 aliphatic rings. The third kappa shape index (κ3) is 5.80. The summed E-state index contributed by atoms with van der Waals surface area (Å²) >= 11 is 0. The second-order valence-corrected chi connectivity index (χ2v) is 5.59. The Hall–Kier alpha value is -0.650. The fourth-order valence-electron chi connectivity index (χ4n) is 1.83. The van der Waals surface area contributed by atoms with Gasteiger partial charge >= 0.3 is 5.97 Å². The average Bonchev–Trinajstić information content (AvgIpc) is 2.33. The van der Waals surface area contributed by atoms with Gasteiger partial charge in [-0.1, -0.05) is 0 Å². The van der Waals surface area contributed by atoms with Gasteiger partial charge in [-0.2, -0.15) is 0 Å². The number of ether oxygens (including phenoxy) is 2. The van der Waals surface area contributed by atoms with Crippen molar-refractivity contribution in [1.29, 1.82) is 0 Å². The molecule has 1 heterocycles. The number of piperazine rings is 1. The predicted octanol–water partition coefficient (Wildman–Crippen LogP) is 0.638. The lowest BCUT2D eigenvalue weighted by Gasteiger charge is -2.31. The zero-order chi connectivity index (χ0) is 13.6. The van der Waals surface area contributed by atoms with Gasteiger partial charge in [-0.3, -0.25) is 9.69 Å². The molecule has 18 heavy (non-hydrogen) atoms. The number of carbonyl (C=O) groups excluding carboxylic acids is 1. The van der Waals surface area contributed by atoms with E-state index in [0.29, 0.717) is 13.2 Å². The van der Waals surface area contributed by atoms with E-state index in [-0.39, 0.29) is 17.6 Å². The second kappa shape index (κ2) is 7.07. The quantitative estimate of drug-likeness (QED) is 0.579. The summed E-state index contributed by atoms with van der Waals surface area (Å²) in [6.07, 6.45) is 0. The zero-order valence-electron chi connectivity index (χ0n) is 12.0. The third-order valence-electron chi connectivity index (χ3n) is 2.90. The first-order valence-electron chi connectivity index (χ1n) is 6.65. The summed E-state index contributed by atoms with van der Waals surface area (Å²) < 4.78 is 10.7. The Morgan fingerprint density at radius 3 is 2.44 bits per heavy atom. The number of nitrogens with zero attached hydrogens (tertiary/aromatic N) is 1.